The summed E-state index contributed by atoms with van der Waals surface area (Å²) < 4.78 is 0. The molecular weight excluding hydrogens is 206 g/mol. The molecule has 0 aliphatic heterocycles. The number of rotatable bonds is 2. The Hall–Kier alpha value is -2.14. The highest BCUT2D eigenvalue weighted by Gasteiger charge is 2.02. The van der Waals surface area contributed by atoms with Gasteiger partial charge in [-0.1, -0.05) is 24.3 Å². The van der Waals surface area contributed by atoms with Crippen LogP contribution < -0.4 is 11.3 Å². The van der Waals surface area contributed by atoms with Crippen LogP contribution in [0.2, 0.25) is 0 Å². The van der Waals surface area contributed by atoms with E-state index < -0.39 is 0 Å². The van der Waals surface area contributed by atoms with E-state index in [1.807, 2.05) is 12.1 Å². The Balaban J connectivity index is 2.46. The Kier molecular flexibility index (Phi) is 2.70. The smallest absolute Gasteiger partial charge is 0.254 e. The molecule has 0 aliphatic rings. The molecule has 0 spiro atoms. The summed E-state index contributed by atoms with van der Waals surface area (Å²) in [7, 11) is 0. The Bertz CT molecular complexity index is 546. The van der Waals surface area contributed by atoms with Crippen molar-refractivity contribution in [2.24, 2.45) is 5.73 Å². The molecule has 0 atom stereocenters. The largest absolute Gasteiger partial charge is 0.493 e. The number of nitrogens with zero attached hydrogens (tertiary/aromatic N) is 1. The minimum atomic E-state index is -0.384. The fraction of sp³-hybridized carbons (Fsp3) is 0.0909. The van der Waals surface area contributed by atoms with Crippen LogP contribution in [0.4, 0.5) is 0 Å². The van der Waals surface area contributed by atoms with E-state index in [0.29, 0.717) is 12.4 Å². The first-order valence-electron chi connectivity index (χ1n) is 4.79. The van der Waals surface area contributed by atoms with E-state index in [-0.39, 0.29) is 11.4 Å². The predicted octanol–water partition coefficient (Wildman–Crippen LogP) is 0.601. The number of nitrogens with two attached hydrogens (primary N) is 1. The number of nitrogens with one attached hydrogen (secondary N) is 1. The second kappa shape index (κ2) is 4.16. The first kappa shape index (κ1) is 10.4. The van der Waals surface area contributed by atoms with E-state index in [1.54, 1.807) is 12.1 Å². The summed E-state index contributed by atoms with van der Waals surface area (Å²) in [5.74, 6) is 0.0511. The molecule has 1 aromatic heterocycles. The zero-order chi connectivity index (χ0) is 11.5. The molecule has 5 nitrogen and oxygen atoms in total. The van der Waals surface area contributed by atoms with E-state index in [9.17, 15) is 9.90 Å². The lowest BCUT2D eigenvalue weighted by Gasteiger charge is -2.02. The SMILES string of the molecule is NCc1ccc(-c2nc(O)cc(=O)[nH]2)cc1. The van der Waals surface area contributed by atoms with Crippen molar-refractivity contribution in [1.82, 2.24) is 9.97 Å². The van der Waals surface area contributed by atoms with Gasteiger partial charge >= 0.3 is 0 Å². The summed E-state index contributed by atoms with van der Waals surface area (Å²) in [6.07, 6.45) is 0. The average Bonchev–Trinajstić information content (AvgIpc) is 2.28. The maximum absolute atomic E-state index is 11.1. The zero-order valence-corrected chi connectivity index (χ0v) is 8.47. The first-order chi connectivity index (χ1) is 7.69. The quantitative estimate of drug-likeness (QED) is 0.686. The lowest BCUT2D eigenvalue weighted by atomic mass is 10.1. The third-order valence-corrected chi connectivity index (χ3v) is 2.19. The Morgan fingerprint density at radius 1 is 1.31 bits per heavy atom. The number of aromatic amines is 1. The number of aromatic nitrogens is 2. The summed E-state index contributed by atoms with van der Waals surface area (Å²) in [5.41, 5.74) is 6.81. The molecule has 0 fully saturated rings. The highest BCUT2D eigenvalue weighted by atomic mass is 16.3. The Labute approximate surface area is 91.6 Å². The van der Waals surface area contributed by atoms with Crippen LogP contribution in [0, 0.1) is 0 Å². The van der Waals surface area contributed by atoms with Gasteiger partial charge in [0.2, 0.25) is 5.88 Å². The molecular formula is C11H11N3O2. The second-order valence-corrected chi connectivity index (χ2v) is 3.35. The molecule has 0 saturated carbocycles. The van der Waals surface area contributed by atoms with Crippen molar-refractivity contribution >= 4 is 0 Å². The molecule has 0 aliphatic carbocycles. The lowest BCUT2D eigenvalue weighted by Crippen LogP contribution is -2.06. The molecule has 82 valence electrons. The molecule has 2 aromatic rings. The molecule has 2 rings (SSSR count). The molecule has 4 N–H and O–H groups in total. The van der Waals surface area contributed by atoms with Crippen molar-refractivity contribution in [3.8, 4) is 17.3 Å². The molecule has 5 heteroatoms. The van der Waals surface area contributed by atoms with E-state index in [0.717, 1.165) is 17.2 Å². The van der Waals surface area contributed by atoms with Crippen LogP contribution in [-0.2, 0) is 6.54 Å². The molecule has 0 radical (unpaired) electrons. The van der Waals surface area contributed by atoms with E-state index in [2.05, 4.69) is 9.97 Å². The van der Waals surface area contributed by atoms with Gasteiger partial charge in [0, 0.05) is 12.1 Å². The Morgan fingerprint density at radius 3 is 2.56 bits per heavy atom. The van der Waals surface area contributed by atoms with Gasteiger partial charge in [-0.3, -0.25) is 4.79 Å². The second-order valence-electron chi connectivity index (χ2n) is 3.35. The fourth-order valence-electron chi connectivity index (χ4n) is 1.38. The van der Waals surface area contributed by atoms with Crippen molar-refractivity contribution in [3.63, 3.8) is 0 Å². The zero-order valence-electron chi connectivity index (χ0n) is 8.47. The number of benzene rings is 1. The highest BCUT2D eigenvalue weighted by molar-refractivity contribution is 5.55. The fourth-order valence-corrected chi connectivity index (χ4v) is 1.38. The van der Waals surface area contributed by atoms with Gasteiger partial charge in [0.15, 0.2) is 0 Å². The predicted molar refractivity (Wildman–Crippen MR) is 59.8 cm³/mol. The van der Waals surface area contributed by atoms with E-state index in [4.69, 9.17) is 5.73 Å². The topological polar surface area (TPSA) is 92.0 Å². The van der Waals surface area contributed by atoms with Gasteiger partial charge in [-0.05, 0) is 5.56 Å². The van der Waals surface area contributed by atoms with Gasteiger partial charge in [-0.2, -0.15) is 4.98 Å². The van der Waals surface area contributed by atoms with Gasteiger partial charge in [0.25, 0.3) is 5.56 Å². The van der Waals surface area contributed by atoms with Crippen LogP contribution in [0.25, 0.3) is 11.4 Å². The van der Waals surface area contributed by atoms with Crippen LogP contribution >= 0.6 is 0 Å². The van der Waals surface area contributed by atoms with E-state index in [1.165, 1.54) is 0 Å². The van der Waals surface area contributed by atoms with Crippen molar-refractivity contribution in [3.05, 3.63) is 46.2 Å². The van der Waals surface area contributed by atoms with Gasteiger partial charge in [0.05, 0.1) is 6.07 Å². The van der Waals surface area contributed by atoms with E-state index >= 15 is 0 Å². The third kappa shape index (κ3) is 2.09. The summed E-state index contributed by atoms with van der Waals surface area (Å²) in [6, 6.07) is 8.30. The van der Waals surface area contributed by atoms with Gasteiger partial charge in [-0.25, -0.2) is 0 Å². The maximum Gasteiger partial charge on any atom is 0.254 e. The molecule has 0 saturated heterocycles. The number of hydrogen-bond acceptors (Lipinski definition) is 4. The summed E-state index contributed by atoms with van der Waals surface area (Å²) in [4.78, 5) is 17.5. The van der Waals surface area contributed by atoms with Crippen molar-refractivity contribution in [2.75, 3.05) is 0 Å². The molecule has 0 unspecified atom stereocenters. The van der Waals surface area contributed by atoms with Crippen LogP contribution in [0.3, 0.4) is 0 Å². The summed E-state index contributed by atoms with van der Waals surface area (Å²) >= 11 is 0. The third-order valence-electron chi connectivity index (χ3n) is 2.19. The van der Waals surface area contributed by atoms with Crippen LogP contribution in [0.1, 0.15) is 5.56 Å². The lowest BCUT2D eigenvalue weighted by molar-refractivity contribution is 0.452. The first-order valence-corrected chi connectivity index (χ1v) is 4.79. The van der Waals surface area contributed by atoms with Crippen molar-refractivity contribution < 1.29 is 5.11 Å². The monoisotopic (exact) mass is 217 g/mol. The molecule has 0 bridgehead atoms. The standard InChI is InChI=1S/C11H11N3O2/c12-6-7-1-3-8(4-2-7)11-13-9(15)5-10(16)14-11/h1-5H,6,12H2,(H2,13,14,15,16). The molecule has 0 amide bonds. The van der Waals surface area contributed by atoms with Crippen molar-refractivity contribution in [2.45, 2.75) is 6.54 Å². The maximum atomic E-state index is 11.1. The van der Waals surface area contributed by atoms with Crippen molar-refractivity contribution in [1.29, 1.82) is 0 Å². The minimum Gasteiger partial charge on any atom is -0.493 e. The average molecular weight is 217 g/mol. The molecule has 1 aromatic carbocycles. The van der Waals surface area contributed by atoms with Gasteiger partial charge < -0.3 is 15.8 Å². The normalized spacial score (nSPS) is 10.3. The van der Waals surface area contributed by atoms with Gasteiger partial charge in [-0.15, -0.1) is 0 Å². The van der Waals surface area contributed by atoms with Crippen LogP contribution in [0.5, 0.6) is 5.88 Å². The summed E-state index contributed by atoms with van der Waals surface area (Å²) in [6.45, 7) is 0.463. The summed E-state index contributed by atoms with van der Waals surface area (Å²) in [5, 5.41) is 9.20. The number of H-pyrrole nitrogens is 1. The highest BCUT2D eigenvalue weighted by Crippen LogP contribution is 2.15. The van der Waals surface area contributed by atoms with Crippen LogP contribution in [0.15, 0.2) is 35.1 Å². The van der Waals surface area contributed by atoms with Gasteiger partial charge in [0.1, 0.15) is 5.82 Å². The number of aromatic hydroxyl groups is 1. The Morgan fingerprint density at radius 2 is 2.00 bits per heavy atom. The van der Waals surface area contributed by atoms with Crippen LogP contribution in [-0.4, -0.2) is 15.1 Å². The minimum absolute atomic E-state index is 0.290. The molecule has 16 heavy (non-hydrogen) atoms. The molecule has 1 heterocycles. The number of hydrogen-bond donors (Lipinski definition) is 3.